The summed E-state index contributed by atoms with van der Waals surface area (Å²) in [4.78, 5) is 14.4. The zero-order valence-corrected chi connectivity index (χ0v) is 26.0. The van der Waals surface area contributed by atoms with E-state index in [1.807, 2.05) is 24.3 Å². The molecular formula is C38H41O5S-. The van der Waals surface area contributed by atoms with E-state index in [9.17, 15) is 17.8 Å². The molecule has 8 saturated carbocycles. The molecule has 0 spiro atoms. The van der Waals surface area contributed by atoms with Crippen LogP contribution >= 0.6 is 0 Å². The van der Waals surface area contributed by atoms with Gasteiger partial charge in [-0.3, -0.25) is 0 Å². The van der Waals surface area contributed by atoms with E-state index in [-0.39, 0.29) is 11.0 Å². The second kappa shape index (κ2) is 9.90. The van der Waals surface area contributed by atoms with E-state index in [2.05, 4.69) is 18.2 Å². The van der Waals surface area contributed by atoms with E-state index in [1.165, 1.54) is 56.9 Å². The number of esters is 1. The topological polar surface area (TPSA) is 83.5 Å². The van der Waals surface area contributed by atoms with Crippen molar-refractivity contribution in [3.63, 3.8) is 0 Å². The zero-order chi connectivity index (χ0) is 29.8. The summed E-state index contributed by atoms with van der Waals surface area (Å²) < 4.78 is 43.9. The quantitative estimate of drug-likeness (QED) is 0.208. The maximum atomic E-state index is 14.4. The smallest absolute Gasteiger partial charge is 0.340 e. The molecule has 6 heteroatoms. The lowest BCUT2D eigenvalue weighted by atomic mass is 9.47. The summed E-state index contributed by atoms with van der Waals surface area (Å²) in [6, 6.07) is 19.2. The van der Waals surface area contributed by atoms with Gasteiger partial charge < -0.3 is 9.29 Å². The highest BCUT2D eigenvalue weighted by Gasteiger charge is 2.53. The Labute approximate surface area is 260 Å². The second-order valence-electron chi connectivity index (χ2n) is 15.8. The molecule has 8 aliphatic carbocycles. The van der Waals surface area contributed by atoms with Gasteiger partial charge in [-0.2, -0.15) is 0 Å². The zero-order valence-electron chi connectivity index (χ0n) is 25.2. The molecule has 0 aliphatic heterocycles. The van der Waals surface area contributed by atoms with Gasteiger partial charge in [-0.25, -0.2) is 13.2 Å². The molecule has 8 aliphatic rings. The first-order chi connectivity index (χ1) is 21.2. The number of carbonyl (C=O) groups is 1. The molecule has 230 valence electrons. The minimum absolute atomic E-state index is 0.0690. The van der Waals surface area contributed by atoms with Crippen molar-refractivity contribution in [1.29, 1.82) is 0 Å². The number of hydrogen-bond acceptors (Lipinski definition) is 5. The Kier molecular flexibility index (Phi) is 6.21. The van der Waals surface area contributed by atoms with Gasteiger partial charge in [0.15, 0.2) is 0 Å². The lowest BCUT2D eigenvalue weighted by molar-refractivity contribution is -0.00678. The molecule has 8 fully saturated rings. The van der Waals surface area contributed by atoms with Crippen LogP contribution in [0.4, 0.5) is 0 Å². The average molecular weight is 610 g/mol. The van der Waals surface area contributed by atoms with Crippen molar-refractivity contribution in [2.24, 2.45) is 41.4 Å². The number of rotatable bonds is 6. The summed E-state index contributed by atoms with van der Waals surface area (Å²) in [5, 5.41) is 1.73. The lowest BCUT2D eigenvalue weighted by Crippen LogP contribution is -2.49. The van der Waals surface area contributed by atoms with Crippen LogP contribution < -0.4 is 0 Å². The molecule has 44 heavy (non-hydrogen) atoms. The Morgan fingerprint density at radius 1 is 0.727 bits per heavy atom. The number of carbonyl (C=O) groups excluding carboxylic acids is 1. The van der Waals surface area contributed by atoms with Crippen molar-refractivity contribution >= 4 is 26.9 Å². The fourth-order valence-electron chi connectivity index (χ4n) is 12.1. The molecule has 0 amide bonds. The molecule has 0 heterocycles. The molecule has 1 atom stereocenters. The maximum absolute atomic E-state index is 14.4. The highest BCUT2D eigenvalue weighted by molar-refractivity contribution is 7.85. The highest BCUT2D eigenvalue weighted by atomic mass is 32.2. The molecule has 8 bridgehead atoms. The first kappa shape index (κ1) is 27.6. The van der Waals surface area contributed by atoms with Crippen molar-refractivity contribution in [3.05, 3.63) is 82.9 Å². The fourth-order valence-corrected chi connectivity index (χ4v) is 12.8. The van der Waals surface area contributed by atoms with Crippen LogP contribution in [0.5, 0.6) is 0 Å². The molecule has 11 rings (SSSR count). The molecule has 0 radical (unpaired) electrons. The largest absolute Gasteiger partial charge is 0.745 e. The highest BCUT2D eigenvalue weighted by Crippen LogP contribution is 2.63. The van der Waals surface area contributed by atoms with E-state index in [0.717, 1.165) is 47.4 Å². The summed E-state index contributed by atoms with van der Waals surface area (Å²) in [6.45, 7) is 0. The van der Waals surface area contributed by atoms with Gasteiger partial charge in [0.1, 0.15) is 10.1 Å². The summed E-state index contributed by atoms with van der Waals surface area (Å²) in [7, 11) is -4.98. The minimum atomic E-state index is -4.98. The average Bonchev–Trinajstić information content (AvgIpc) is 2.97. The van der Waals surface area contributed by atoms with Crippen LogP contribution in [-0.4, -0.2) is 18.9 Å². The Morgan fingerprint density at radius 2 is 1.32 bits per heavy atom. The lowest BCUT2D eigenvalue weighted by Gasteiger charge is -2.57. The predicted octanol–water partition coefficient (Wildman–Crippen LogP) is 8.25. The maximum Gasteiger partial charge on any atom is 0.340 e. The van der Waals surface area contributed by atoms with Crippen molar-refractivity contribution < 1.29 is 22.5 Å². The number of hydrogen-bond donors (Lipinski definition) is 0. The van der Waals surface area contributed by atoms with E-state index in [1.54, 1.807) is 18.2 Å². The Bertz CT molecular complexity index is 1690. The van der Waals surface area contributed by atoms with Gasteiger partial charge in [0.05, 0.1) is 5.56 Å². The van der Waals surface area contributed by atoms with Crippen molar-refractivity contribution in [2.75, 3.05) is 0 Å². The minimum Gasteiger partial charge on any atom is -0.745 e. The van der Waals surface area contributed by atoms with Crippen LogP contribution in [0.3, 0.4) is 0 Å². The van der Waals surface area contributed by atoms with Gasteiger partial charge >= 0.3 is 5.97 Å². The Morgan fingerprint density at radius 3 is 1.93 bits per heavy atom. The first-order valence-corrected chi connectivity index (χ1v) is 18.5. The third kappa shape index (κ3) is 4.49. The molecule has 3 aromatic carbocycles. The second-order valence-corrected chi connectivity index (χ2v) is 17.2. The number of benzene rings is 3. The Hall–Kier alpha value is -2.70. The number of fused-ring (bicyclic) bond motifs is 1. The van der Waals surface area contributed by atoms with E-state index >= 15 is 0 Å². The van der Waals surface area contributed by atoms with Crippen LogP contribution in [0, 0.1) is 41.4 Å². The summed E-state index contributed by atoms with van der Waals surface area (Å²) >= 11 is 0. The van der Waals surface area contributed by atoms with Crippen molar-refractivity contribution in [1.82, 2.24) is 0 Å². The summed E-state index contributed by atoms with van der Waals surface area (Å²) in [5.74, 6) is 4.90. The van der Waals surface area contributed by atoms with Gasteiger partial charge in [-0.15, -0.1) is 0 Å². The normalized spacial score (nSPS) is 37.4. The van der Waals surface area contributed by atoms with E-state index < -0.39 is 21.5 Å². The molecule has 0 N–H and O–H groups in total. The first-order valence-electron chi connectivity index (χ1n) is 17.0. The summed E-state index contributed by atoms with van der Waals surface area (Å²) in [5.41, 5.74) is 0.989. The summed E-state index contributed by atoms with van der Waals surface area (Å²) in [6.07, 6.45) is 13.7. The van der Waals surface area contributed by atoms with Gasteiger partial charge in [-0.1, -0.05) is 48.5 Å². The third-order valence-electron chi connectivity index (χ3n) is 13.0. The van der Waals surface area contributed by atoms with E-state index in [4.69, 9.17) is 4.74 Å². The van der Waals surface area contributed by atoms with Gasteiger partial charge in [0.2, 0.25) is 5.44 Å². The van der Waals surface area contributed by atoms with Crippen molar-refractivity contribution in [3.8, 4) is 0 Å². The van der Waals surface area contributed by atoms with Crippen LogP contribution in [0.15, 0.2) is 60.7 Å². The van der Waals surface area contributed by atoms with Crippen LogP contribution in [-0.2, 0) is 20.3 Å². The third-order valence-corrected chi connectivity index (χ3v) is 13.9. The standard InChI is InChI=1S/C38H42O5S/c39-36(43-37(44(40,41)42)30-6-5-27-3-1-2-4-28(27)17-30)33-18-29(35-31-13-22-9-23(15-31)16-32(35)14-22)7-8-34(33)38-19-24-10-25(20-38)12-26(11-24)21-38/h1-8,17-18,22-26,31-32,35,37H,9-16,19-21H2,(H,40,41,42)/p-1. The monoisotopic (exact) mass is 609 g/mol. The van der Waals surface area contributed by atoms with Crippen molar-refractivity contribution in [2.45, 2.75) is 87.4 Å². The molecule has 1 unspecified atom stereocenters. The van der Waals surface area contributed by atoms with Crippen LogP contribution in [0.25, 0.3) is 10.8 Å². The van der Waals surface area contributed by atoms with Gasteiger partial charge in [-0.05, 0) is 157 Å². The molecule has 3 aromatic rings. The van der Waals surface area contributed by atoms with E-state index in [0.29, 0.717) is 41.1 Å². The van der Waals surface area contributed by atoms with Gasteiger partial charge in [0.25, 0.3) is 0 Å². The van der Waals surface area contributed by atoms with Gasteiger partial charge in [0, 0.05) is 5.56 Å². The molecule has 5 nitrogen and oxygen atoms in total. The molecule has 0 aromatic heterocycles. The fraction of sp³-hybridized carbons (Fsp3) is 0.553. The molecule has 0 saturated heterocycles. The van der Waals surface area contributed by atoms with Crippen LogP contribution in [0.1, 0.15) is 109 Å². The Balaban J connectivity index is 1.12. The molecular weight excluding hydrogens is 568 g/mol. The SMILES string of the molecule is O=C(OC(c1ccc2ccccc2c1)S(=O)(=O)[O-])c1cc(C2C3CC4CC(C3)CC2C4)ccc1C12CC3CC(CC(C3)C1)C2. The number of ether oxygens (including phenoxy) is 1. The van der Waals surface area contributed by atoms with Crippen LogP contribution in [0.2, 0.25) is 0 Å². The predicted molar refractivity (Wildman–Crippen MR) is 168 cm³/mol.